The molecule has 2 heterocycles. The third-order valence-corrected chi connectivity index (χ3v) is 8.15. The van der Waals surface area contributed by atoms with Crippen molar-refractivity contribution in [3.8, 4) is 0 Å². The smallest absolute Gasteiger partial charge is 0.293 e. The number of aliphatic imine (C=N–C) groups is 1. The molecule has 0 amide bonds. The Bertz CT molecular complexity index is 1200. The first-order chi connectivity index (χ1) is 16.8. The molecule has 0 saturated carbocycles. The van der Waals surface area contributed by atoms with Gasteiger partial charge in [0.25, 0.3) is 5.69 Å². The summed E-state index contributed by atoms with van der Waals surface area (Å²) in [7, 11) is -0.657. The van der Waals surface area contributed by atoms with Crippen molar-refractivity contribution in [1.29, 1.82) is 0 Å². The summed E-state index contributed by atoms with van der Waals surface area (Å²) in [6.45, 7) is 3.90. The first-order valence-corrected chi connectivity index (χ1v) is 13.2. The van der Waals surface area contributed by atoms with Crippen LogP contribution in [0.5, 0.6) is 0 Å². The van der Waals surface area contributed by atoms with Crippen LogP contribution in [0.1, 0.15) is 24.8 Å². The Morgan fingerprint density at radius 3 is 2.29 bits per heavy atom. The predicted octanol–water partition coefficient (Wildman–Crippen LogP) is 3.42. The molecule has 0 bridgehead atoms. The number of morpholine rings is 1. The third-order valence-electron chi connectivity index (χ3n) is 6.31. The van der Waals surface area contributed by atoms with Crippen molar-refractivity contribution < 1.29 is 18.1 Å². The number of benzene rings is 2. The number of nitro groups is 1. The van der Waals surface area contributed by atoms with E-state index < -0.39 is 14.9 Å². The van der Waals surface area contributed by atoms with E-state index in [0.29, 0.717) is 48.9 Å². The number of hydrogen-bond donors (Lipinski definition) is 0. The van der Waals surface area contributed by atoms with Gasteiger partial charge in [-0.25, -0.2) is 12.7 Å². The summed E-state index contributed by atoms with van der Waals surface area (Å²) in [5.74, 6) is 0. The topological polar surface area (TPSA) is 109 Å². The highest BCUT2D eigenvalue weighted by Crippen LogP contribution is 2.33. The van der Waals surface area contributed by atoms with Gasteiger partial charge in [0.2, 0.25) is 10.0 Å². The number of sulfonamides is 1. The molecule has 0 unspecified atom stereocenters. The fourth-order valence-corrected chi connectivity index (χ4v) is 5.49. The predicted molar refractivity (Wildman–Crippen MR) is 137 cm³/mol. The van der Waals surface area contributed by atoms with Crippen LogP contribution in [0, 0.1) is 10.1 Å². The van der Waals surface area contributed by atoms with Gasteiger partial charge in [-0.2, -0.15) is 0 Å². The molecular weight excluding hydrogens is 470 g/mol. The summed E-state index contributed by atoms with van der Waals surface area (Å²) in [6, 6.07) is 10.2. The van der Waals surface area contributed by atoms with Crippen LogP contribution in [0.15, 0.2) is 46.3 Å². The number of piperidine rings is 1. The monoisotopic (exact) mass is 501 g/mol. The summed E-state index contributed by atoms with van der Waals surface area (Å²) in [5.41, 5.74) is 2.27. The summed E-state index contributed by atoms with van der Waals surface area (Å²) >= 11 is 0. The van der Waals surface area contributed by atoms with E-state index in [2.05, 4.69) is 9.89 Å². The molecule has 188 valence electrons. The van der Waals surface area contributed by atoms with Crippen molar-refractivity contribution in [2.45, 2.75) is 24.2 Å². The van der Waals surface area contributed by atoms with Gasteiger partial charge in [-0.15, -0.1) is 0 Å². The lowest BCUT2D eigenvalue weighted by Gasteiger charge is -2.31. The summed E-state index contributed by atoms with van der Waals surface area (Å²) in [4.78, 5) is 20.1. The van der Waals surface area contributed by atoms with E-state index in [1.54, 1.807) is 30.3 Å². The molecule has 2 aliphatic rings. The van der Waals surface area contributed by atoms with E-state index in [1.165, 1.54) is 30.7 Å². The van der Waals surface area contributed by atoms with E-state index in [0.717, 1.165) is 32.4 Å². The average molecular weight is 502 g/mol. The highest BCUT2D eigenvalue weighted by atomic mass is 32.2. The fraction of sp³-hybridized carbons (Fsp3) is 0.458. The zero-order valence-electron chi connectivity index (χ0n) is 20.1. The number of ether oxygens (including phenoxy) is 1. The van der Waals surface area contributed by atoms with Gasteiger partial charge in [0, 0.05) is 52.6 Å². The average Bonchev–Trinajstić information content (AvgIpc) is 2.88. The maximum absolute atomic E-state index is 13.1. The lowest BCUT2D eigenvalue weighted by atomic mass is 10.1. The minimum Gasteiger partial charge on any atom is -0.378 e. The molecular formula is C24H31N5O5S. The molecule has 2 aromatic rings. The largest absolute Gasteiger partial charge is 0.378 e. The van der Waals surface area contributed by atoms with Crippen molar-refractivity contribution in [2.24, 2.45) is 4.99 Å². The molecule has 10 nitrogen and oxygen atoms in total. The maximum Gasteiger partial charge on any atom is 0.293 e. The summed E-state index contributed by atoms with van der Waals surface area (Å²) < 4.78 is 32.7. The van der Waals surface area contributed by atoms with Gasteiger partial charge >= 0.3 is 0 Å². The minimum absolute atomic E-state index is 0.00664. The molecule has 35 heavy (non-hydrogen) atoms. The van der Waals surface area contributed by atoms with Crippen LogP contribution in [0.3, 0.4) is 0 Å². The van der Waals surface area contributed by atoms with Gasteiger partial charge in [0.05, 0.1) is 29.5 Å². The quantitative estimate of drug-likeness (QED) is 0.325. The van der Waals surface area contributed by atoms with Crippen LogP contribution in [-0.4, -0.2) is 77.3 Å². The van der Waals surface area contributed by atoms with Crippen molar-refractivity contribution in [1.82, 2.24) is 4.31 Å². The second kappa shape index (κ2) is 10.7. The van der Waals surface area contributed by atoms with E-state index in [1.807, 2.05) is 4.90 Å². The maximum atomic E-state index is 13.1. The lowest BCUT2D eigenvalue weighted by molar-refractivity contribution is -0.384. The molecule has 2 saturated heterocycles. The normalized spacial score (nSPS) is 17.3. The molecule has 11 heteroatoms. The summed E-state index contributed by atoms with van der Waals surface area (Å²) in [6.07, 6.45) is 4.73. The molecule has 0 atom stereocenters. The Balaban J connectivity index is 1.65. The zero-order valence-corrected chi connectivity index (χ0v) is 20.9. The van der Waals surface area contributed by atoms with E-state index in [-0.39, 0.29) is 10.6 Å². The second-order valence-electron chi connectivity index (χ2n) is 8.85. The van der Waals surface area contributed by atoms with Crippen molar-refractivity contribution >= 4 is 39.0 Å². The Hall–Kier alpha value is -3.02. The van der Waals surface area contributed by atoms with E-state index in [9.17, 15) is 18.5 Å². The number of nitro benzene ring substituents is 1. The zero-order chi connectivity index (χ0) is 25.0. The highest BCUT2D eigenvalue weighted by Gasteiger charge is 2.26. The van der Waals surface area contributed by atoms with Gasteiger partial charge in [-0.1, -0.05) is 6.07 Å². The Kier molecular flexibility index (Phi) is 7.68. The molecule has 0 N–H and O–H groups in total. The van der Waals surface area contributed by atoms with Gasteiger partial charge in [-0.3, -0.25) is 15.1 Å². The first-order valence-electron chi connectivity index (χ1n) is 11.7. The number of rotatable bonds is 7. The van der Waals surface area contributed by atoms with Crippen molar-refractivity contribution in [2.75, 3.05) is 63.3 Å². The molecule has 2 aliphatic heterocycles. The van der Waals surface area contributed by atoms with E-state index >= 15 is 0 Å². The van der Waals surface area contributed by atoms with Gasteiger partial charge in [0.1, 0.15) is 10.6 Å². The molecule has 0 spiro atoms. The Morgan fingerprint density at radius 1 is 0.971 bits per heavy atom. The number of nitrogens with zero attached hydrogens (tertiary/aromatic N) is 5. The lowest BCUT2D eigenvalue weighted by Crippen LogP contribution is -2.36. The standard InChI is InChI=1S/C24H31N5O5S/c1-26(2)35(32,33)24-17-20(7-9-22(24)27-10-4-3-5-11-27)25-18-19-6-8-21(23(16-19)29(30)31)28-12-14-34-15-13-28/h6-9,16-18H,3-5,10-15H2,1-2H3. The van der Waals surface area contributed by atoms with Crippen LogP contribution in [0.25, 0.3) is 0 Å². The first kappa shape index (κ1) is 25.1. The van der Waals surface area contributed by atoms with Crippen LogP contribution >= 0.6 is 0 Å². The van der Waals surface area contributed by atoms with Crippen LogP contribution < -0.4 is 9.80 Å². The summed E-state index contributed by atoms with van der Waals surface area (Å²) in [5, 5.41) is 11.7. The molecule has 4 rings (SSSR count). The molecule has 0 aromatic heterocycles. The molecule has 2 aromatic carbocycles. The van der Waals surface area contributed by atoms with E-state index in [4.69, 9.17) is 4.74 Å². The SMILES string of the molecule is CN(C)S(=O)(=O)c1cc(N=Cc2ccc(N3CCOCC3)c([N+](=O)[O-])c2)ccc1N1CCCCC1. The van der Waals surface area contributed by atoms with Crippen LogP contribution in [0.2, 0.25) is 0 Å². The van der Waals surface area contributed by atoms with Gasteiger partial charge in [0.15, 0.2) is 0 Å². The third kappa shape index (κ3) is 5.63. The fourth-order valence-electron chi connectivity index (χ4n) is 4.37. The Labute approximate surface area is 206 Å². The Morgan fingerprint density at radius 2 is 1.63 bits per heavy atom. The van der Waals surface area contributed by atoms with Gasteiger partial charge in [-0.05, 0) is 49.1 Å². The van der Waals surface area contributed by atoms with Crippen LogP contribution in [0.4, 0.5) is 22.7 Å². The number of anilines is 2. The molecule has 0 aliphatic carbocycles. The highest BCUT2D eigenvalue weighted by molar-refractivity contribution is 7.89. The molecule has 0 radical (unpaired) electrons. The molecule has 2 fully saturated rings. The minimum atomic E-state index is -3.69. The second-order valence-corrected chi connectivity index (χ2v) is 11.0. The van der Waals surface area contributed by atoms with Crippen molar-refractivity contribution in [3.63, 3.8) is 0 Å². The van der Waals surface area contributed by atoms with Crippen LogP contribution in [-0.2, 0) is 14.8 Å². The van der Waals surface area contributed by atoms with Crippen molar-refractivity contribution in [3.05, 3.63) is 52.1 Å². The number of hydrogen-bond acceptors (Lipinski definition) is 8. The van der Waals surface area contributed by atoms with Gasteiger partial charge < -0.3 is 14.5 Å².